The van der Waals surface area contributed by atoms with Crippen molar-refractivity contribution in [2.75, 3.05) is 19.5 Å². The van der Waals surface area contributed by atoms with E-state index in [4.69, 9.17) is 9.84 Å². The molecule has 2 fully saturated rings. The first-order chi connectivity index (χ1) is 15.6. The summed E-state index contributed by atoms with van der Waals surface area (Å²) in [4.78, 5) is 17.8. The highest BCUT2D eigenvalue weighted by molar-refractivity contribution is 8.00. The minimum Gasteiger partial charge on any atom is -0.497 e. The molecule has 0 aliphatic carbocycles. The number of carbonyl (C=O) groups is 1. The van der Waals surface area contributed by atoms with Crippen LogP contribution in [0.25, 0.3) is 0 Å². The van der Waals surface area contributed by atoms with Crippen LogP contribution in [0.5, 0.6) is 5.75 Å². The summed E-state index contributed by atoms with van der Waals surface area (Å²) in [6.07, 6.45) is 4.11. The number of thioether (sulfide) groups is 1. The summed E-state index contributed by atoms with van der Waals surface area (Å²) in [6, 6.07) is 17.2. The van der Waals surface area contributed by atoms with Gasteiger partial charge in [0.25, 0.3) is 0 Å². The topological polar surface area (TPSA) is 53.0 Å². The molecule has 3 atom stereocenters. The highest BCUT2D eigenvalue weighted by atomic mass is 32.2. The quantitative estimate of drug-likeness (QED) is 0.412. The fourth-order valence-electron chi connectivity index (χ4n) is 4.85. The molecule has 5 nitrogen and oxygen atoms in total. The van der Waals surface area contributed by atoms with E-state index in [1.807, 2.05) is 23.9 Å². The summed E-state index contributed by atoms with van der Waals surface area (Å²) in [7, 11) is 1.67. The van der Waals surface area contributed by atoms with E-state index >= 15 is 0 Å². The Bertz CT molecular complexity index is 887. The standard InChI is InChI=1S/C26H34N2O3S/c1-19-7-9-20(10-8-19)17-28-25-23(18-32-24(25)6-4-3-5-15-29)27(26(28)30)16-21-11-13-22(31-2)14-12-21/h7-14,23-25,29H,3-6,15-18H2,1-2H3/t23-,24-,25-/m0/s1. The van der Waals surface area contributed by atoms with Crippen LogP contribution < -0.4 is 4.74 Å². The smallest absolute Gasteiger partial charge is 0.321 e. The lowest BCUT2D eigenvalue weighted by Gasteiger charge is -2.27. The predicted octanol–water partition coefficient (Wildman–Crippen LogP) is 4.85. The Morgan fingerprint density at radius 1 is 0.969 bits per heavy atom. The lowest BCUT2D eigenvalue weighted by atomic mass is 10.00. The van der Waals surface area contributed by atoms with E-state index in [2.05, 4.69) is 53.1 Å². The van der Waals surface area contributed by atoms with Crippen LogP contribution in [0.1, 0.15) is 42.4 Å². The number of unbranched alkanes of at least 4 members (excludes halogenated alkanes) is 2. The maximum absolute atomic E-state index is 13.6. The van der Waals surface area contributed by atoms with Crippen molar-refractivity contribution in [1.82, 2.24) is 9.80 Å². The van der Waals surface area contributed by atoms with Crippen LogP contribution >= 0.6 is 11.8 Å². The number of benzene rings is 2. The molecule has 0 bridgehead atoms. The van der Waals surface area contributed by atoms with E-state index in [0.717, 1.165) is 42.7 Å². The zero-order valence-corrected chi connectivity index (χ0v) is 19.9. The largest absolute Gasteiger partial charge is 0.497 e. The first kappa shape index (κ1) is 23.0. The summed E-state index contributed by atoms with van der Waals surface area (Å²) in [5, 5.41) is 9.56. The van der Waals surface area contributed by atoms with Crippen LogP contribution in [0.15, 0.2) is 48.5 Å². The van der Waals surface area contributed by atoms with Crippen molar-refractivity contribution in [3.05, 3.63) is 65.2 Å². The number of fused-ring (bicyclic) bond motifs is 1. The molecule has 4 rings (SSSR count). The maximum atomic E-state index is 13.6. The number of amides is 2. The van der Waals surface area contributed by atoms with Crippen LogP contribution in [0, 0.1) is 6.92 Å². The molecule has 0 aromatic heterocycles. The van der Waals surface area contributed by atoms with Gasteiger partial charge < -0.3 is 19.6 Å². The second-order valence-corrected chi connectivity index (χ2v) is 10.1. The normalized spacial score (nSPS) is 22.5. The zero-order chi connectivity index (χ0) is 22.5. The van der Waals surface area contributed by atoms with Crippen LogP contribution in [-0.4, -0.2) is 57.7 Å². The molecule has 172 valence electrons. The summed E-state index contributed by atoms with van der Waals surface area (Å²) < 4.78 is 5.28. The van der Waals surface area contributed by atoms with Gasteiger partial charge in [0.2, 0.25) is 0 Å². The molecular formula is C26H34N2O3S. The number of aliphatic hydroxyl groups excluding tert-OH is 1. The van der Waals surface area contributed by atoms with Gasteiger partial charge in [0, 0.05) is 30.7 Å². The van der Waals surface area contributed by atoms with Crippen molar-refractivity contribution < 1.29 is 14.6 Å². The van der Waals surface area contributed by atoms with Gasteiger partial charge in [0.1, 0.15) is 5.75 Å². The molecule has 2 aromatic carbocycles. The number of rotatable bonds is 10. The molecule has 2 aliphatic heterocycles. The highest BCUT2D eigenvalue weighted by Crippen LogP contribution is 2.42. The van der Waals surface area contributed by atoms with Gasteiger partial charge in [-0.2, -0.15) is 11.8 Å². The lowest BCUT2D eigenvalue weighted by molar-refractivity contribution is 0.180. The fourth-order valence-corrected chi connectivity index (χ4v) is 6.53. The van der Waals surface area contributed by atoms with Crippen LogP contribution in [-0.2, 0) is 13.1 Å². The van der Waals surface area contributed by atoms with Gasteiger partial charge in [0.15, 0.2) is 0 Å². The van der Waals surface area contributed by atoms with E-state index in [-0.39, 0.29) is 24.7 Å². The number of ether oxygens (including phenoxy) is 1. The first-order valence-corrected chi connectivity index (χ1v) is 12.6. The maximum Gasteiger partial charge on any atom is 0.321 e. The number of carbonyl (C=O) groups excluding carboxylic acids is 1. The first-order valence-electron chi connectivity index (χ1n) is 11.6. The number of aliphatic hydroxyl groups is 1. The van der Waals surface area contributed by atoms with Crippen LogP contribution in [0.4, 0.5) is 4.79 Å². The molecule has 6 heteroatoms. The van der Waals surface area contributed by atoms with Crippen LogP contribution in [0.3, 0.4) is 0 Å². The minimum absolute atomic E-state index is 0.150. The van der Waals surface area contributed by atoms with Gasteiger partial charge in [-0.25, -0.2) is 4.79 Å². The molecule has 2 saturated heterocycles. The average Bonchev–Trinajstić information content (AvgIpc) is 3.33. The highest BCUT2D eigenvalue weighted by Gasteiger charge is 2.52. The van der Waals surface area contributed by atoms with E-state index in [1.54, 1.807) is 7.11 Å². The molecule has 2 aromatic rings. The van der Waals surface area contributed by atoms with Gasteiger partial charge in [0.05, 0.1) is 19.2 Å². The molecule has 0 spiro atoms. The Labute approximate surface area is 195 Å². The molecule has 0 unspecified atom stereocenters. The van der Waals surface area contributed by atoms with Gasteiger partial charge in [-0.15, -0.1) is 0 Å². The number of hydrogen-bond acceptors (Lipinski definition) is 4. The van der Waals surface area contributed by atoms with E-state index in [9.17, 15) is 4.79 Å². The Kier molecular flexibility index (Phi) is 7.63. The van der Waals surface area contributed by atoms with E-state index < -0.39 is 0 Å². The molecule has 2 aliphatic rings. The average molecular weight is 455 g/mol. The second kappa shape index (κ2) is 10.6. The fraction of sp³-hybridized carbons (Fsp3) is 0.500. The Balaban J connectivity index is 1.53. The van der Waals surface area contributed by atoms with Crippen molar-refractivity contribution in [2.24, 2.45) is 0 Å². The summed E-state index contributed by atoms with van der Waals surface area (Å²) in [5.41, 5.74) is 3.55. The van der Waals surface area contributed by atoms with Gasteiger partial charge >= 0.3 is 6.03 Å². The van der Waals surface area contributed by atoms with Crippen molar-refractivity contribution in [1.29, 1.82) is 0 Å². The third kappa shape index (κ3) is 5.07. The third-order valence-electron chi connectivity index (χ3n) is 6.64. The Morgan fingerprint density at radius 2 is 1.62 bits per heavy atom. The molecule has 2 heterocycles. The summed E-state index contributed by atoms with van der Waals surface area (Å²) >= 11 is 2.01. The summed E-state index contributed by atoms with van der Waals surface area (Å²) in [6.45, 7) is 3.64. The number of urea groups is 1. The second-order valence-electron chi connectivity index (χ2n) is 8.87. The van der Waals surface area contributed by atoms with Gasteiger partial charge in [-0.1, -0.05) is 54.8 Å². The summed E-state index contributed by atoms with van der Waals surface area (Å²) in [5.74, 6) is 1.82. The van der Waals surface area contributed by atoms with Crippen LogP contribution in [0.2, 0.25) is 0 Å². The van der Waals surface area contributed by atoms with E-state index in [1.165, 1.54) is 11.1 Å². The van der Waals surface area contributed by atoms with Crippen molar-refractivity contribution >= 4 is 17.8 Å². The van der Waals surface area contributed by atoms with Gasteiger partial charge in [-0.3, -0.25) is 0 Å². The number of nitrogens with zero attached hydrogens (tertiary/aromatic N) is 2. The molecule has 0 saturated carbocycles. The van der Waals surface area contributed by atoms with Crippen molar-refractivity contribution in [3.8, 4) is 5.75 Å². The number of aryl methyl sites for hydroxylation is 1. The molecule has 2 amide bonds. The molecule has 1 N–H and O–H groups in total. The van der Waals surface area contributed by atoms with Crippen molar-refractivity contribution in [3.63, 3.8) is 0 Å². The monoisotopic (exact) mass is 454 g/mol. The molecule has 0 radical (unpaired) electrons. The predicted molar refractivity (Wildman–Crippen MR) is 130 cm³/mol. The Morgan fingerprint density at radius 3 is 2.28 bits per heavy atom. The Hall–Kier alpha value is -2.18. The van der Waals surface area contributed by atoms with Gasteiger partial charge in [-0.05, 0) is 43.0 Å². The van der Waals surface area contributed by atoms with Crippen molar-refractivity contribution in [2.45, 2.75) is 63.0 Å². The van der Waals surface area contributed by atoms with E-state index in [0.29, 0.717) is 18.3 Å². The zero-order valence-electron chi connectivity index (χ0n) is 19.1. The lowest BCUT2D eigenvalue weighted by Crippen LogP contribution is -2.40. The number of methoxy groups -OCH3 is 1. The molecular weight excluding hydrogens is 420 g/mol. The third-order valence-corrected chi connectivity index (χ3v) is 8.12. The minimum atomic E-state index is 0.150. The SMILES string of the molecule is COc1ccc(CN2C(=O)N(Cc3ccc(C)cc3)[C@@H]3[C@H](CCCCCO)SC[C@@H]32)cc1. The molecule has 32 heavy (non-hydrogen) atoms. The number of hydrogen-bond donors (Lipinski definition) is 1.